The van der Waals surface area contributed by atoms with Crippen LogP contribution in [0.4, 0.5) is 34.1 Å². The van der Waals surface area contributed by atoms with Crippen LogP contribution in [0.1, 0.15) is 21.5 Å². The molecule has 6 nitrogen and oxygen atoms in total. The van der Waals surface area contributed by atoms with E-state index in [9.17, 15) is 9.90 Å². The molecular formula is C52H37N3O3. The lowest BCUT2D eigenvalue weighted by atomic mass is 10.0. The minimum atomic E-state index is -1.14. The number of rotatable bonds is 12. The van der Waals surface area contributed by atoms with E-state index in [-0.39, 0.29) is 11.3 Å². The second-order valence-corrected chi connectivity index (χ2v) is 13.4. The number of carboxylic acids is 1. The standard InChI is InChI=1S/C52H37N3O3/c1-53-50(41-28-35-51(49(37-41)52(56)57)58-48-20-12-5-13-21-48)36-38-22-29-45(30-23-38)55(44-18-10-4-11-19-44)47-33-26-40(27-34-47)39-24-31-46(32-25-39)54(42-14-6-2-7-15-42)43-16-8-3-9-17-43/h2-37H,(H,56,57)/b50-36-. The fourth-order valence-electron chi connectivity index (χ4n) is 6.85. The van der Waals surface area contributed by atoms with Gasteiger partial charge in [0.05, 0.1) is 6.57 Å². The van der Waals surface area contributed by atoms with E-state index in [2.05, 4.69) is 124 Å². The zero-order valence-electron chi connectivity index (χ0n) is 31.4. The molecule has 0 radical (unpaired) electrons. The van der Waals surface area contributed by atoms with Crippen molar-refractivity contribution in [1.82, 2.24) is 0 Å². The fraction of sp³-hybridized carbons (Fsp3) is 0. The molecule has 0 aliphatic rings. The summed E-state index contributed by atoms with van der Waals surface area (Å²) in [6.07, 6.45) is 1.77. The van der Waals surface area contributed by atoms with Gasteiger partial charge < -0.3 is 19.6 Å². The van der Waals surface area contributed by atoms with Gasteiger partial charge in [-0.3, -0.25) is 0 Å². The van der Waals surface area contributed by atoms with E-state index in [4.69, 9.17) is 11.3 Å². The summed E-state index contributed by atoms with van der Waals surface area (Å²) < 4.78 is 5.85. The van der Waals surface area contributed by atoms with Crippen molar-refractivity contribution < 1.29 is 14.6 Å². The molecule has 0 spiro atoms. The molecular weight excluding hydrogens is 715 g/mol. The van der Waals surface area contributed by atoms with Gasteiger partial charge in [-0.05, 0) is 125 Å². The summed E-state index contributed by atoms with van der Waals surface area (Å²) in [5, 5.41) is 9.97. The van der Waals surface area contributed by atoms with Gasteiger partial charge in [-0.2, -0.15) is 0 Å². The largest absolute Gasteiger partial charge is 0.478 e. The molecule has 278 valence electrons. The van der Waals surface area contributed by atoms with E-state index in [1.165, 1.54) is 6.07 Å². The zero-order valence-corrected chi connectivity index (χ0v) is 31.4. The molecule has 1 N–H and O–H groups in total. The third kappa shape index (κ3) is 8.25. The van der Waals surface area contributed by atoms with Gasteiger partial charge >= 0.3 is 5.97 Å². The molecule has 0 atom stereocenters. The monoisotopic (exact) mass is 751 g/mol. The topological polar surface area (TPSA) is 57.4 Å². The number of nitrogens with zero attached hydrogens (tertiary/aromatic N) is 3. The Morgan fingerprint density at radius 2 is 0.897 bits per heavy atom. The van der Waals surface area contributed by atoms with Crippen LogP contribution < -0.4 is 14.5 Å². The molecule has 0 amide bonds. The van der Waals surface area contributed by atoms with Gasteiger partial charge in [-0.1, -0.05) is 115 Å². The first-order chi connectivity index (χ1) is 28.5. The summed E-state index contributed by atoms with van der Waals surface area (Å²) in [4.78, 5) is 20.4. The van der Waals surface area contributed by atoms with Crippen molar-refractivity contribution in [2.24, 2.45) is 0 Å². The lowest BCUT2D eigenvalue weighted by Crippen LogP contribution is -2.09. The van der Waals surface area contributed by atoms with Gasteiger partial charge in [0, 0.05) is 34.1 Å². The molecule has 0 aliphatic heterocycles. The van der Waals surface area contributed by atoms with Crippen molar-refractivity contribution in [2.75, 3.05) is 9.80 Å². The Bertz CT molecular complexity index is 2660. The number of carboxylic acid groups (broad SMARTS) is 1. The minimum absolute atomic E-state index is 0.0226. The Labute approximate surface area is 338 Å². The van der Waals surface area contributed by atoms with E-state index >= 15 is 0 Å². The van der Waals surface area contributed by atoms with Crippen LogP contribution in [0.25, 0.3) is 27.7 Å². The average Bonchev–Trinajstić information content (AvgIpc) is 3.28. The van der Waals surface area contributed by atoms with Crippen LogP contribution in [0.2, 0.25) is 0 Å². The van der Waals surface area contributed by atoms with Crippen LogP contribution in [0, 0.1) is 6.57 Å². The molecule has 0 saturated heterocycles. The summed E-state index contributed by atoms with van der Waals surface area (Å²) in [6, 6.07) is 69.9. The fourth-order valence-corrected chi connectivity index (χ4v) is 6.85. The van der Waals surface area contributed by atoms with E-state index in [1.54, 1.807) is 30.3 Å². The Morgan fingerprint density at radius 1 is 0.500 bits per heavy atom. The highest BCUT2D eigenvalue weighted by atomic mass is 16.5. The number of benzene rings is 8. The third-order valence-corrected chi connectivity index (χ3v) is 9.68. The molecule has 8 aromatic carbocycles. The molecule has 58 heavy (non-hydrogen) atoms. The van der Waals surface area contributed by atoms with Gasteiger partial charge in [-0.15, -0.1) is 0 Å². The molecule has 0 bridgehead atoms. The van der Waals surface area contributed by atoms with Crippen LogP contribution in [0.15, 0.2) is 212 Å². The normalized spacial score (nSPS) is 11.0. The van der Waals surface area contributed by atoms with Gasteiger partial charge in [-0.25, -0.2) is 9.64 Å². The van der Waals surface area contributed by atoms with Crippen molar-refractivity contribution in [3.63, 3.8) is 0 Å². The highest BCUT2D eigenvalue weighted by molar-refractivity contribution is 5.94. The number of carbonyl (C=O) groups is 1. The lowest BCUT2D eigenvalue weighted by Gasteiger charge is -2.26. The lowest BCUT2D eigenvalue weighted by molar-refractivity contribution is 0.0694. The zero-order chi connectivity index (χ0) is 39.7. The quantitative estimate of drug-likeness (QED) is 0.0995. The molecule has 0 heterocycles. The van der Waals surface area contributed by atoms with Crippen molar-refractivity contribution in [1.29, 1.82) is 0 Å². The number of aromatic carboxylic acids is 1. The molecule has 6 heteroatoms. The second-order valence-electron chi connectivity index (χ2n) is 13.4. The van der Waals surface area contributed by atoms with E-state index in [0.29, 0.717) is 17.0 Å². The predicted molar refractivity (Wildman–Crippen MR) is 236 cm³/mol. The molecule has 0 aromatic heterocycles. The molecule has 0 fully saturated rings. The SMILES string of the molecule is [C-]#[N+]/C(=C\c1ccc(N(c2ccccc2)c2ccc(-c3ccc(N(c4ccccc4)c4ccccc4)cc3)cc2)cc1)c1ccc(Oc2ccccc2)c(C(=O)O)c1. The molecule has 0 aliphatic carbocycles. The number of hydrogen-bond donors (Lipinski definition) is 1. The highest BCUT2D eigenvalue weighted by Gasteiger charge is 2.17. The molecule has 0 unspecified atom stereocenters. The van der Waals surface area contributed by atoms with Gasteiger partial charge in [0.15, 0.2) is 5.70 Å². The maximum atomic E-state index is 12.2. The maximum absolute atomic E-state index is 12.2. The minimum Gasteiger partial charge on any atom is -0.478 e. The average molecular weight is 752 g/mol. The Morgan fingerprint density at radius 3 is 1.31 bits per heavy atom. The molecule has 8 aromatic rings. The van der Waals surface area contributed by atoms with Crippen LogP contribution >= 0.6 is 0 Å². The first-order valence-electron chi connectivity index (χ1n) is 18.8. The number of para-hydroxylation sites is 4. The second kappa shape index (κ2) is 17.1. The first-order valence-corrected chi connectivity index (χ1v) is 18.8. The Hall–Kier alpha value is -8.14. The van der Waals surface area contributed by atoms with Crippen LogP contribution in [0.5, 0.6) is 11.5 Å². The summed E-state index contributed by atoms with van der Waals surface area (Å²) in [6.45, 7) is 7.94. The van der Waals surface area contributed by atoms with Crippen molar-refractivity contribution in [3.05, 3.63) is 240 Å². The highest BCUT2D eigenvalue weighted by Crippen LogP contribution is 2.38. The third-order valence-electron chi connectivity index (χ3n) is 9.68. The number of ether oxygens (including phenoxy) is 1. The van der Waals surface area contributed by atoms with Crippen molar-refractivity contribution in [3.8, 4) is 22.6 Å². The summed E-state index contributed by atoms with van der Waals surface area (Å²) in [5.74, 6) is -0.404. The predicted octanol–water partition coefficient (Wildman–Crippen LogP) is 14.2. The first kappa shape index (κ1) is 36.8. The van der Waals surface area contributed by atoms with Crippen LogP contribution in [0.3, 0.4) is 0 Å². The van der Waals surface area contributed by atoms with Gasteiger partial charge in [0.1, 0.15) is 17.1 Å². The smallest absolute Gasteiger partial charge is 0.339 e. The molecule has 0 saturated carbocycles. The van der Waals surface area contributed by atoms with E-state index < -0.39 is 5.97 Å². The summed E-state index contributed by atoms with van der Waals surface area (Å²) in [5.41, 5.74) is 10.0. The summed E-state index contributed by atoms with van der Waals surface area (Å²) >= 11 is 0. The number of anilines is 6. The van der Waals surface area contributed by atoms with Gasteiger partial charge in [0.2, 0.25) is 0 Å². The van der Waals surface area contributed by atoms with Crippen LogP contribution in [-0.4, -0.2) is 11.1 Å². The van der Waals surface area contributed by atoms with Gasteiger partial charge in [0.25, 0.3) is 0 Å². The van der Waals surface area contributed by atoms with Crippen molar-refractivity contribution in [2.45, 2.75) is 0 Å². The molecule has 8 rings (SSSR count). The van der Waals surface area contributed by atoms with Crippen LogP contribution in [-0.2, 0) is 0 Å². The maximum Gasteiger partial charge on any atom is 0.339 e. The number of hydrogen-bond acceptors (Lipinski definition) is 4. The van der Waals surface area contributed by atoms with E-state index in [0.717, 1.165) is 50.8 Å². The Kier molecular flexibility index (Phi) is 10.9. The summed E-state index contributed by atoms with van der Waals surface area (Å²) in [7, 11) is 0. The van der Waals surface area contributed by atoms with E-state index in [1.807, 2.05) is 72.8 Å². The van der Waals surface area contributed by atoms with Crippen molar-refractivity contribution >= 4 is 51.9 Å². The Balaban J connectivity index is 1.05.